The molecule has 1 aromatic carbocycles. The molecule has 1 aliphatic rings. The maximum Gasteiger partial charge on any atom is 0.0748 e. The Kier molecular flexibility index (Phi) is 3.07. The highest BCUT2D eigenvalue weighted by Crippen LogP contribution is 2.55. The van der Waals surface area contributed by atoms with Gasteiger partial charge in [0.05, 0.1) is 5.60 Å². The average molecular weight is 218 g/mol. The molecule has 0 bridgehead atoms. The minimum Gasteiger partial charge on any atom is -0.389 e. The molecule has 16 heavy (non-hydrogen) atoms. The third-order valence-electron chi connectivity index (χ3n) is 4.24. The van der Waals surface area contributed by atoms with Crippen LogP contribution in [0.15, 0.2) is 30.3 Å². The number of hydrogen-bond donors (Lipinski definition) is 1. The zero-order valence-electron chi connectivity index (χ0n) is 10.5. The van der Waals surface area contributed by atoms with Crippen LogP contribution in [0.1, 0.15) is 45.1 Å². The molecule has 0 heterocycles. The van der Waals surface area contributed by atoms with Gasteiger partial charge in [0.2, 0.25) is 0 Å². The molecule has 0 aromatic heterocycles. The van der Waals surface area contributed by atoms with E-state index >= 15 is 0 Å². The third-order valence-corrected chi connectivity index (χ3v) is 4.24. The second-order valence-electron chi connectivity index (χ2n) is 5.37. The standard InChI is InChI=1S/C15H22O/c1-4-11(2)14(15(16)10-12(15)3)13-8-6-5-7-9-13/h5-9,11-12,14,16H,4,10H2,1-3H3. The van der Waals surface area contributed by atoms with Crippen LogP contribution in [0.4, 0.5) is 0 Å². The van der Waals surface area contributed by atoms with E-state index in [1.807, 2.05) is 6.07 Å². The predicted octanol–water partition coefficient (Wildman–Crippen LogP) is 3.59. The summed E-state index contributed by atoms with van der Waals surface area (Å²) in [6.07, 6.45) is 2.07. The van der Waals surface area contributed by atoms with Crippen LogP contribution in [0.3, 0.4) is 0 Å². The van der Waals surface area contributed by atoms with Gasteiger partial charge in [-0.05, 0) is 23.8 Å². The first-order valence-corrected chi connectivity index (χ1v) is 6.37. The quantitative estimate of drug-likeness (QED) is 0.819. The molecule has 1 fully saturated rings. The van der Waals surface area contributed by atoms with E-state index in [-0.39, 0.29) is 0 Å². The van der Waals surface area contributed by atoms with E-state index in [0.717, 1.165) is 12.8 Å². The van der Waals surface area contributed by atoms with Gasteiger partial charge < -0.3 is 5.11 Å². The molecule has 0 spiro atoms. The lowest BCUT2D eigenvalue weighted by molar-refractivity contribution is 0.0785. The Morgan fingerprint density at radius 3 is 2.38 bits per heavy atom. The van der Waals surface area contributed by atoms with Crippen molar-refractivity contribution in [1.82, 2.24) is 0 Å². The van der Waals surface area contributed by atoms with Crippen molar-refractivity contribution in [2.45, 2.75) is 45.1 Å². The minimum absolute atomic E-state index is 0.300. The summed E-state index contributed by atoms with van der Waals surface area (Å²) in [7, 11) is 0. The van der Waals surface area contributed by atoms with Crippen LogP contribution in [0.2, 0.25) is 0 Å². The Bertz CT molecular complexity index is 346. The maximum atomic E-state index is 10.6. The second kappa shape index (κ2) is 4.21. The number of aliphatic hydroxyl groups is 1. The fourth-order valence-corrected chi connectivity index (χ4v) is 2.87. The van der Waals surface area contributed by atoms with Gasteiger partial charge in [-0.1, -0.05) is 57.5 Å². The van der Waals surface area contributed by atoms with E-state index in [2.05, 4.69) is 45.0 Å². The lowest BCUT2D eigenvalue weighted by Crippen LogP contribution is -2.27. The van der Waals surface area contributed by atoms with E-state index < -0.39 is 5.60 Å². The summed E-state index contributed by atoms with van der Waals surface area (Å²) in [5.74, 6) is 1.29. The van der Waals surface area contributed by atoms with Crippen LogP contribution in [-0.4, -0.2) is 10.7 Å². The summed E-state index contributed by atoms with van der Waals surface area (Å²) in [4.78, 5) is 0. The predicted molar refractivity (Wildman–Crippen MR) is 67.4 cm³/mol. The fraction of sp³-hybridized carbons (Fsp3) is 0.600. The molecule has 2 rings (SSSR count). The molecule has 0 radical (unpaired) electrons. The first-order chi connectivity index (χ1) is 7.59. The molecular weight excluding hydrogens is 196 g/mol. The summed E-state index contributed by atoms with van der Waals surface area (Å²) in [5, 5.41) is 10.6. The molecule has 4 unspecified atom stereocenters. The Balaban J connectivity index is 2.30. The van der Waals surface area contributed by atoms with E-state index in [4.69, 9.17) is 0 Å². The minimum atomic E-state index is -0.448. The zero-order valence-corrected chi connectivity index (χ0v) is 10.5. The molecule has 1 heteroatoms. The zero-order chi connectivity index (χ0) is 11.8. The molecular formula is C15H22O. The van der Waals surface area contributed by atoms with Crippen molar-refractivity contribution < 1.29 is 5.11 Å². The topological polar surface area (TPSA) is 20.2 Å². The van der Waals surface area contributed by atoms with Gasteiger partial charge in [-0.15, -0.1) is 0 Å². The highest BCUT2D eigenvalue weighted by Gasteiger charge is 2.56. The molecule has 1 aliphatic carbocycles. The van der Waals surface area contributed by atoms with Crippen LogP contribution >= 0.6 is 0 Å². The molecule has 0 amide bonds. The van der Waals surface area contributed by atoms with Crippen LogP contribution in [0.5, 0.6) is 0 Å². The monoisotopic (exact) mass is 218 g/mol. The number of benzene rings is 1. The smallest absolute Gasteiger partial charge is 0.0748 e. The van der Waals surface area contributed by atoms with Gasteiger partial charge in [0.25, 0.3) is 0 Å². The molecule has 4 atom stereocenters. The van der Waals surface area contributed by atoms with Gasteiger partial charge in [0, 0.05) is 5.92 Å². The summed E-state index contributed by atoms with van der Waals surface area (Å²) in [6.45, 7) is 6.61. The summed E-state index contributed by atoms with van der Waals surface area (Å²) < 4.78 is 0. The molecule has 1 saturated carbocycles. The van der Waals surface area contributed by atoms with Crippen molar-refractivity contribution in [2.75, 3.05) is 0 Å². The van der Waals surface area contributed by atoms with Crippen molar-refractivity contribution in [3.8, 4) is 0 Å². The van der Waals surface area contributed by atoms with Crippen LogP contribution in [0.25, 0.3) is 0 Å². The van der Waals surface area contributed by atoms with E-state index in [1.165, 1.54) is 5.56 Å². The van der Waals surface area contributed by atoms with Crippen molar-refractivity contribution in [2.24, 2.45) is 11.8 Å². The highest BCUT2D eigenvalue weighted by atomic mass is 16.3. The van der Waals surface area contributed by atoms with Crippen molar-refractivity contribution in [1.29, 1.82) is 0 Å². The van der Waals surface area contributed by atoms with Gasteiger partial charge in [-0.3, -0.25) is 0 Å². The van der Waals surface area contributed by atoms with Crippen LogP contribution in [0, 0.1) is 11.8 Å². The Morgan fingerprint density at radius 2 is 1.94 bits per heavy atom. The number of rotatable bonds is 4. The van der Waals surface area contributed by atoms with Gasteiger partial charge in [0.1, 0.15) is 0 Å². The van der Waals surface area contributed by atoms with E-state index in [0.29, 0.717) is 17.8 Å². The van der Waals surface area contributed by atoms with Crippen LogP contribution in [-0.2, 0) is 0 Å². The first-order valence-electron chi connectivity index (χ1n) is 6.37. The van der Waals surface area contributed by atoms with Gasteiger partial charge in [0.15, 0.2) is 0 Å². The van der Waals surface area contributed by atoms with E-state index in [1.54, 1.807) is 0 Å². The van der Waals surface area contributed by atoms with Crippen molar-refractivity contribution in [3.63, 3.8) is 0 Å². The third kappa shape index (κ3) is 1.89. The average Bonchev–Trinajstić information content (AvgIpc) is 2.88. The maximum absolute atomic E-state index is 10.6. The second-order valence-corrected chi connectivity index (χ2v) is 5.37. The molecule has 0 aliphatic heterocycles. The fourth-order valence-electron chi connectivity index (χ4n) is 2.87. The van der Waals surface area contributed by atoms with Gasteiger partial charge in [-0.25, -0.2) is 0 Å². The summed E-state index contributed by atoms with van der Waals surface area (Å²) >= 11 is 0. The molecule has 1 aromatic rings. The Labute approximate surface area is 98.5 Å². The normalized spacial score (nSPS) is 32.1. The summed E-state index contributed by atoms with van der Waals surface area (Å²) in [5.41, 5.74) is 0.847. The number of hydrogen-bond acceptors (Lipinski definition) is 1. The van der Waals surface area contributed by atoms with Gasteiger partial charge >= 0.3 is 0 Å². The molecule has 88 valence electrons. The Morgan fingerprint density at radius 1 is 1.38 bits per heavy atom. The lowest BCUT2D eigenvalue weighted by Gasteiger charge is -2.29. The largest absolute Gasteiger partial charge is 0.389 e. The molecule has 1 N–H and O–H groups in total. The first kappa shape index (κ1) is 11.7. The Hall–Kier alpha value is -0.820. The lowest BCUT2D eigenvalue weighted by atomic mass is 9.79. The van der Waals surface area contributed by atoms with E-state index in [9.17, 15) is 5.11 Å². The van der Waals surface area contributed by atoms with Gasteiger partial charge in [-0.2, -0.15) is 0 Å². The van der Waals surface area contributed by atoms with Crippen molar-refractivity contribution in [3.05, 3.63) is 35.9 Å². The molecule has 1 nitrogen and oxygen atoms in total. The van der Waals surface area contributed by atoms with Crippen LogP contribution < -0.4 is 0 Å². The molecule has 0 saturated heterocycles. The highest BCUT2D eigenvalue weighted by molar-refractivity contribution is 5.28. The SMILES string of the molecule is CCC(C)C(c1ccccc1)C1(O)CC1C. The van der Waals surface area contributed by atoms with Crippen molar-refractivity contribution >= 4 is 0 Å². The summed E-state index contributed by atoms with van der Waals surface area (Å²) in [6, 6.07) is 10.5.